The summed E-state index contributed by atoms with van der Waals surface area (Å²) in [5.41, 5.74) is 7.16. The van der Waals surface area contributed by atoms with Gasteiger partial charge in [-0.05, 0) is 55.2 Å². The van der Waals surface area contributed by atoms with Gasteiger partial charge in [-0.1, -0.05) is 6.07 Å². The highest BCUT2D eigenvalue weighted by Crippen LogP contribution is 2.22. The summed E-state index contributed by atoms with van der Waals surface area (Å²) in [5.74, 6) is 0. The number of hydrogen-bond acceptors (Lipinski definition) is 5. The van der Waals surface area contributed by atoms with Crippen LogP contribution in [0, 0.1) is 17.0 Å². The summed E-state index contributed by atoms with van der Waals surface area (Å²) < 4.78 is 0. The number of nitro benzene ring substituents is 1. The van der Waals surface area contributed by atoms with Gasteiger partial charge in [0, 0.05) is 30.9 Å². The third-order valence-electron chi connectivity index (χ3n) is 4.20. The second-order valence-corrected chi connectivity index (χ2v) is 5.91. The molecule has 0 amide bonds. The molecule has 1 heterocycles. The minimum Gasteiger partial charge on any atom is -0.372 e. The van der Waals surface area contributed by atoms with Gasteiger partial charge in [-0.25, -0.2) is 0 Å². The van der Waals surface area contributed by atoms with Crippen LogP contribution in [0.2, 0.25) is 0 Å². The Morgan fingerprint density at radius 1 is 1.17 bits per heavy atom. The molecule has 0 saturated carbocycles. The third-order valence-corrected chi connectivity index (χ3v) is 4.20. The normalized spacial score (nSPS) is 14.3. The number of hydrogen-bond donors (Lipinski definition) is 1. The van der Waals surface area contributed by atoms with Crippen molar-refractivity contribution >= 4 is 23.3 Å². The standard InChI is InChI=1S/C18H20N4O2/c1-14-12-18(21-10-2-3-11-21)7-4-15(14)13-19-20-16-5-8-17(9-6-16)22(23)24/h4-9,12-13,20H,2-3,10-11H2,1H3. The largest absolute Gasteiger partial charge is 0.372 e. The van der Waals surface area contributed by atoms with Gasteiger partial charge in [0.2, 0.25) is 0 Å². The van der Waals surface area contributed by atoms with Crippen LogP contribution in [-0.4, -0.2) is 24.2 Å². The molecule has 1 aliphatic rings. The molecule has 1 saturated heterocycles. The van der Waals surface area contributed by atoms with Crippen LogP contribution in [0.25, 0.3) is 0 Å². The van der Waals surface area contributed by atoms with Gasteiger partial charge in [0.15, 0.2) is 0 Å². The maximum Gasteiger partial charge on any atom is 0.269 e. The molecule has 2 aromatic carbocycles. The molecule has 0 aliphatic carbocycles. The van der Waals surface area contributed by atoms with Crippen LogP contribution in [0.15, 0.2) is 47.6 Å². The van der Waals surface area contributed by atoms with Gasteiger partial charge in [-0.2, -0.15) is 5.10 Å². The molecule has 0 aromatic heterocycles. The van der Waals surface area contributed by atoms with Crippen molar-refractivity contribution in [1.29, 1.82) is 0 Å². The number of non-ortho nitro benzene ring substituents is 1. The van der Waals surface area contributed by atoms with Crippen LogP contribution in [0.4, 0.5) is 17.1 Å². The summed E-state index contributed by atoms with van der Waals surface area (Å²) in [6.45, 7) is 4.34. The number of nitro groups is 1. The van der Waals surface area contributed by atoms with E-state index in [-0.39, 0.29) is 5.69 Å². The molecule has 0 atom stereocenters. The third kappa shape index (κ3) is 3.71. The first-order valence-electron chi connectivity index (χ1n) is 8.02. The van der Waals surface area contributed by atoms with E-state index in [4.69, 9.17) is 0 Å². The Hall–Kier alpha value is -2.89. The van der Waals surface area contributed by atoms with E-state index < -0.39 is 4.92 Å². The van der Waals surface area contributed by atoms with E-state index in [1.54, 1.807) is 18.3 Å². The number of nitrogens with one attached hydrogen (secondary N) is 1. The van der Waals surface area contributed by atoms with Crippen molar-refractivity contribution in [1.82, 2.24) is 0 Å². The van der Waals surface area contributed by atoms with E-state index in [2.05, 4.69) is 40.5 Å². The second-order valence-electron chi connectivity index (χ2n) is 5.91. The van der Waals surface area contributed by atoms with Gasteiger partial charge < -0.3 is 4.90 Å². The SMILES string of the molecule is Cc1cc(N2CCCC2)ccc1C=NNc1ccc([N+](=O)[O-])cc1. The zero-order valence-electron chi connectivity index (χ0n) is 13.6. The fourth-order valence-electron chi connectivity index (χ4n) is 2.81. The Labute approximate surface area is 141 Å². The van der Waals surface area contributed by atoms with Gasteiger partial charge in [0.1, 0.15) is 0 Å². The maximum atomic E-state index is 10.6. The van der Waals surface area contributed by atoms with Gasteiger partial charge in [0.05, 0.1) is 16.8 Å². The van der Waals surface area contributed by atoms with Crippen molar-refractivity contribution in [2.45, 2.75) is 19.8 Å². The summed E-state index contributed by atoms with van der Waals surface area (Å²) in [6.07, 6.45) is 4.30. The van der Waals surface area contributed by atoms with Crippen molar-refractivity contribution in [2.75, 3.05) is 23.4 Å². The molecule has 6 heteroatoms. The molecule has 24 heavy (non-hydrogen) atoms. The maximum absolute atomic E-state index is 10.6. The fraction of sp³-hybridized carbons (Fsp3) is 0.278. The Balaban J connectivity index is 1.64. The predicted octanol–water partition coefficient (Wildman–Crippen LogP) is 3.95. The topological polar surface area (TPSA) is 70.8 Å². The molecule has 0 spiro atoms. The molecule has 3 rings (SSSR count). The number of benzene rings is 2. The predicted molar refractivity (Wildman–Crippen MR) is 96.9 cm³/mol. The van der Waals surface area contributed by atoms with Crippen molar-refractivity contribution in [3.8, 4) is 0 Å². The van der Waals surface area contributed by atoms with Crippen molar-refractivity contribution < 1.29 is 4.92 Å². The Bertz CT molecular complexity index is 750. The van der Waals surface area contributed by atoms with E-state index >= 15 is 0 Å². The molecule has 0 unspecified atom stereocenters. The van der Waals surface area contributed by atoms with Gasteiger partial charge in [-0.3, -0.25) is 15.5 Å². The highest BCUT2D eigenvalue weighted by molar-refractivity contribution is 5.83. The zero-order chi connectivity index (χ0) is 16.9. The van der Waals surface area contributed by atoms with Crippen LogP contribution in [0.1, 0.15) is 24.0 Å². The number of anilines is 2. The minimum atomic E-state index is -0.418. The lowest BCUT2D eigenvalue weighted by Gasteiger charge is -2.18. The summed E-state index contributed by atoms with van der Waals surface area (Å²) in [6, 6.07) is 12.6. The molecule has 6 nitrogen and oxygen atoms in total. The first-order valence-corrected chi connectivity index (χ1v) is 8.02. The number of nitrogens with zero attached hydrogens (tertiary/aromatic N) is 3. The molecule has 1 aliphatic heterocycles. The Morgan fingerprint density at radius 3 is 2.50 bits per heavy atom. The highest BCUT2D eigenvalue weighted by atomic mass is 16.6. The first kappa shape index (κ1) is 16.0. The molecule has 0 bridgehead atoms. The Kier molecular flexibility index (Phi) is 4.74. The average molecular weight is 324 g/mol. The average Bonchev–Trinajstić information content (AvgIpc) is 3.11. The van der Waals surface area contributed by atoms with E-state index in [1.165, 1.54) is 36.2 Å². The molecule has 2 aromatic rings. The van der Waals surface area contributed by atoms with Crippen LogP contribution in [0.5, 0.6) is 0 Å². The molecule has 0 radical (unpaired) electrons. The van der Waals surface area contributed by atoms with E-state index in [0.717, 1.165) is 18.7 Å². The lowest BCUT2D eigenvalue weighted by Crippen LogP contribution is -2.17. The molecular formula is C18H20N4O2. The Morgan fingerprint density at radius 2 is 1.88 bits per heavy atom. The highest BCUT2D eigenvalue weighted by Gasteiger charge is 2.12. The van der Waals surface area contributed by atoms with Crippen LogP contribution < -0.4 is 10.3 Å². The van der Waals surface area contributed by atoms with E-state index in [1.807, 2.05) is 0 Å². The van der Waals surface area contributed by atoms with Crippen LogP contribution in [-0.2, 0) is 0 Å². The minimum absolute atomic E-state index is 0.0675. The number of rotatable bonds is 5. The number of aryl methyl sites for hydroxylation is 1. The number of hydrazone groups is 1. The van der Waals surface area contributed by atoms with Crippen molar-refractivity contribution in [3.63, 3.8) is 0 Å². The molecular weight excluding hydrogens is 304 g/mol. The molecule has 124 valence electrons. The lowest BCUT2D eigenvalue weighted by molar-refractivity contribution is -0.384. The first-order chi connectivity index (χ1) is 11.6. The quantitative estimate of drug-likeness (QED) is 0.513. The van der Waals surface area contributed by atoms with Crippen molar-refractivity contribution in [2.24, 2.45) is 5.10 Å². The van der Waals surface area contributed by atoms with Gasteiger partial charge in [-0.15, -0.1) is 0 Å². The monoisotopic (exact) mass is 324 g/mol. The molecule has 1 N–H and O–H groups in total. The fourth-order valence-corrected chi connectivity index (χ4v) is 2.81. The van der Waals surface area contributed by atoms with Crippen molar-refractivity contribution in [3.05, 3.63) is 63.7 Å². The zero-order valence-corrected chi connectivity index (χ0v) is 13.6. The molecule has 1 fully saturated rings. The summed E-state index contributed by atoms with van der Waals surface area (Å²) in [5, 5.41) is 14.8. The van der Waals surface area contributed by atoms with Crippen LogP contribution in [0.3, 0.4) is 0 Å². The van der Waals surface area contributed by atoms with E-state index in [9.17, 15) is 10.1 Å². The lowest BCUT2D eigenvalue weighted by atomic mass is 10.1. The van der Waals surface area contributed by atoms with Gasteiger partial charge >= 0.3 is 0 Å². The summed E-state index contributed by atoms with van der Waals surface area (Å²) in [7, 11) is 0. The van der Waals surface area contributed by atoms with E-state index in [0.29, 0.717) is 5.69 Å². The summed E-state index contributed by atoms with van der Waals surface area (Å²) in [4.78, 5) is 12.6. The summed E-state index contributed by atoms with van der Waals surface area (Å²) >= 11 is 0. The smallest absolute Gasteiger partial charge is 0.269 e. The van der Waals surface area contributed by atoms with Gasteiger partial charge in [0.25, 0.3) is 5.69 Å². The van der Waals surface area contributed by atoms with Crippen LogP contribution >= 0.6 is 0 Å². The second kappa shape index (κ2) is 7.12.